The van der Waals surface area contributed by atoms with Crippen LogP contribution in [0.1, 0.15) is 24.5 Å². The molecule has 22 heavy (non-hydrogen) atoms. The Morgan fingerprint density at radius 1 is 1.09 bits per heavy atom. The van der Waals surface area contributed by atoms with Crippen LogP contribution in [0.3, 0.4) is 0 Å². The van der Waals surface area contributed by atoms with Crippen LogP contribution in [0.15, 0.2) is 42.9 Å². The minimum Gasteiger partial charge on any atom is -0.478 e. The SMILES string of the molecule is CCCOc1ccc(CNC(=O)NCc2ccncc2)cn1. The summed E-state index contributed by atoms with van der Waals surface area (Å²) in [5.41, 5.74) is 1.92. The van der Waals surface area contributed by atoms with Gasteiger partial charge < -0.3 is 15.4 Å². The van der Waals surface area contributed by atoms with Crippen LogP contribution in [-0.2, 0) is 13.1 Å². The van der Waals surface area contributed by atoms with Gasteiger partial charge in [0.05, 0.1) is 6.61 Å². The van der Waals surface area contributed by atoms with E-state index in [1.165, 1.54) is 0 Å². The summed E-state index contributed by atoms with van der Waals surface area (Å²) in [5, 5.41) is 5.57. The second kappa shape index (κ2) is 8.61. The molecule has 2 heterocycles. The van der Waals surface area contributed by atoms with Crippen molar-refractivity contribution >= 4 is 6.03 Å². The van der Waals surface area contributed by atoms with Gasteiger partial charge in [-0.25, -0.2) is 9.78 Å². The molecule has 0 saturated heterocycles. The predicted molar refractivity (Wildman–Crippen MR) is 83.3 cm³/mol. The molecule has 0 aliphatic carbocycles. The van der Waals surface area contributed by atoms with Crippen LogP contribution in [-0.4, -0.2) is 22.6 Å². The molecule has 2 rings (SSSR count). The van der Waals surface area contributed by atoms with Gasteiger partial charge in [0.15, 0.2) is 0 Å². The fourth-order valence-electron chi connectivity index (χ4n) is 1.74. The van der Waals surface area contributed by atoms with Crippen molar-refractivity contribution in [1.29, 1.82) is 0 Å². The molecule has 0 spiro atoms. The standard InChI is InChI=1S/C16H20N4O2/c1-2-9-22-15-4-3-14(11-18-15)12-20-16(21)19-10-13-5-7-17-8-6-13/h3-8,11H,2,9-10,12H2,1H3,(H2,19,20,21). The van der Waals surface area contributed by atoms with E-state index in [9.17, 15) is 4.79 Å². The fourth-order valence-corrected chi connectivity index (χ4v) is 1.74. The van der Waals surface area contributed by atoms with Crippen molar-refractivity contribution in [2.75, 3.05) is 6.61 Å². The molecule has 2 amide bonds. The largest absolute Gasteiger partial charge is 0.478 e. The van der Waals surface area contributed by atoms with Crippen molar-refractivity contribution in [3.8, 4) is 5.88 Å². The number of nitrogens with one attached hydrogen (secondary N) is 2. The maximum atomic E-state index is 11.7. The van der Waals surface area contributed by atoms with Gasteiger partial charge in [0.25, 0.3) is 0 Å². The third kappa shape index (κ3) is 5.40. The number of rotatable bonds is 7. The number of hydrogen-bond donors (Lipinski definition) is 2. The monoisotopic (exact) mass is 300 g/mol. The van der Waals surface area contributed by atoms with Crippen LogP contribution < -0.4 is 15.4 Å². The molecule has 6 heteroatoms. The highest BCUT2D eigenvalue weighted by Crippen LogP contribution is 2.07. The summed E-state index contributed by atoms with van der Waals surface area (Å²) in [4.78, 5) is 19.8. The highest BCUT2D eigenvalue weighted by Gasteiger charge is 2.02. The Labute approximate surface area is 129 Å². The molecule has 0 radical (unpaired) electrons. The maximum Gasteiger partial charge on any atom is 0.315 e. The average Bonchev–Trinajstić information content (AvgIpc) is 2.58. The third-order valence-electron chi connectivity index (χ3n) is 2.91. The molecule has 6 nitrogen and oxygen atoms in total. The predicted octanol–water partition coefficient (Wildman–Crippen LogP) is 2.26. The molecule has 2 aromatic rings. The number of pyridine rings is 2. The number of aromatic nitrogens is 2. The average molecular weight is 300 g/mol. The zero-order chi connectivity index (χ0) is 15.6. The Morgan fingerprint density at radius 3 is 2.45 bits per heavy atom. The van der Waals surface area contributed by atoms with Crippen molar-refractivity contribution in [3.63, 3.8) is 0 Å². The Bertz CT molecular complexity index is 572. The zero-order valence-electron chi connectivity index (χ0n) is 12.6. The first-order valence-electron chi connectivity index (χ1n) is 7.26. The van der Waals surface area contributed by atoms with E-state index < -0.39 is 0 Å². The van der Waals surface area contributed by atoms with Gasteiger partial charge in [-0.2, -0.15) is 0 Å². The van der Waals surface area contributed by atoms with Crippen molar-refractivity contribution < 1.29 is 9.53 Å². The van der Waals surface area contributed by atoms with Gasteiger partial charge in [0.2, 0.25) is 5.88 Å². The van der Waals surface area contributed by atoms with E-state index in [2.05, 4.69) is 20.6 Å². The number of hydrogen-bond acceptors (Lipinski definition) is 4. The minimum atomic E-state index is -0.219. The summed E-state index contributed by atoms with van der Waals surface area (Å²) in [6, 6.07) is 7.20. The van der Waals surface area contributed by atoms with Crippen molar-refractivity contribution in [1.82, 2.24) is 20.6 Å². The molecular formula is C16H20N4O2. The van der Waals surface area contributed by atoms with E-state index in [1.54, 1.807) is 18.6 Å². The van der Waals surface area contributed by atoms with Gasteiger partial charge in [-0.3, -0.25) is 4.98 Å². The highest BCUT2D eigenvalue weighted by atomic mass is 16.5. The lowest BCUT2D eigenvalue weighted by atomic mass is 10.3. The Kier molecular flexibility index (Phi) is 6.17. The summed E-state index contributed by atoms with van der Waals surface area (Å²) in [5.74, 6) is 0.604. The van der Waals surface area contributed by atoms with Gasteiger partial charge in [-0.15, -0.1) is 0 Å². The molecule has 0 aromatic carbocycles. The molecule has 0 fully saturated rings. The molecule has 2 aromatic heterocycles. The van der Waals surface area contributed by atoms with E-state index in [4.69, 9.17) is 4.74 Å². The van der Waals surface area contributed by atoms with Gasteiger partial charge in [-0.1, -0.05) is 13.0 Å². The van der Waals surface area contributed by atoms with Crippen molar-refractivity contribution in [2.45, 2.75) is 26.4 Å². The Morgan fingerprint density at radius 2 is 1.82 bits per heavy atom. The summed E-state index contributed by atoms with van der Waals surface area (Å²) in [7, 11) is 0. The lowest BCUT2D eigenvalue weighted by molar-refractivity contribution is 0.240. The van der Waals surface area contributed by atoms with Crippen LogP contribution in [0.5, 0.6) is 5.88 Å². The molecule has 0 saturated carbocycles. The number of carbonyl (C=O) groups excluding carboxylic acids is 1. The first kappa shape index (κ1) is 15.8. The van der Waals surface area contributed by atoms with Crippen LogP contribution in [0.25, 0.3) is 0 Å². The number of nitrogens with zero attached hydrogens (tertiary/aromatic N) is 2. The maximum absolute atomic E-state index is 11.7. The third-order valence-corrected chi connectivity index (χ3v) is 2.91. The van der Waals surface area contributed by atoms with Gasteiger partial charge in [-0.05, 0) is 29.7 Å². The summed E-state index contributed by atoms with van der Waals surface area (Å²) >= 11 is 0. The first-order valence-corrected chi connectivity index (χ1v) is 7.26. The van der Waals surface area contributed by atoms with Crippen LogP contribution in [0, 0.1) is 0 Å². The quantitative estimate of drug-likeness (QED) is 0.822. The van der Waals surface area contributed by atoms with E-state index in [0.29, 0.717) is 25.6 Å². The number of carbonyl (C=O) groups is 1. The fraction of sp³-hybridized carbons (Fsp3) is 0.312. The number of amides is 2. The van der Waals surface area contributed by atoms with Crippen molar-refractivity contribution in [3.05, 3.63) is 54.0 Å². The van der Waals surface area contributed by atoms with Gasteiger partial charge in [0, 0.05) is 37.7 Å². The molecule has 0 unspecified atom stereocenters. The highest BCUT2D eigenvalue weighted by molar-refractivity contribution is 5.73. The topological polar surface area (TPSA) is 76.1 Å². The smallest absolute Gasteiger partial charge is 0.315 e. The van der Waals surface area contributed by atoms with Crippen molar-refractivity contribution in [2.24, 2.45) is 0 Å². The van der Waals surface area contributed by atoms with E-state index >= 15 is 0 Å². The van der Waals surface area contributed by atoms with Crippen LogP contribution >= 0.6 is 0 Å². The zero-order valence-corrected chi connectivity index (χ0v) is 12.6. The lowest BCUT2D eigenvalue weighted by Gasteiger charge is -2.08. The van der Waals surface area contributed by atoms with Gasteiger partial charge >= 0.3 is 6.03 Å². The first-order chi connectivity index (χ1) is 10.8. The summed E-state index contributed by atoms with van der Waals surface area (Å²) in [6.07, 6.45) is 6.04. The lowest BCUT2D eigenvalue weighted by Crippen LogP contribution is -2.34. The molecule has 0 aliphatic rings. The number of ether oxygens (including phenoxy) is 1. The van der Waals surface area contributed by atoms with E-state index in [-0.39, 0.29) is 6.03 Å². The molecule has 116 valence electrons. The van der Waals surface area contributed by atoms with E-state index in [0.717, 1.165) is 17.5 Å². The molecule has 0 atom stereocenters. The normalized spacial score (nSPS) is 10.0. The molecule has 0 bridgehead atoms. The summed E-state index contributed by atoms with van der Waals surface area (Å²) < 4.78 is 5.41. The van der Waals surface area contributed by atoms with E-state index in [1.807, 2.05) is 31.2 Å². The summed E-state index contributed by atoms with van der Waals surface area (Å²) in [6.45, 7) is 3.59. The van der Waals surface area contributed by atoms with Crippen LogP contribution in [0.4, 0.5) is 4.79 Å². The molecular weight excluding hydrogens is 280 g/mol. The second-order valence-corrected chi connectivity index (χ2v) is 4.74. The molecule has 2 N–H and O–H groups in total. The Balaban J connectivity index is 1.71. The number of urea groups is 1. The Hall–Kier alpha value is -2.63. The minimum absolute atomic E-state index is 0.219. The second-order valence-electron chi connectivity index (χ2n) is 4.74. The van der Waals surface area contributed by atoms with Gasteiger partial charge in [0.1, 0.15) is 0 Å². The molecule has 0 aliphatic heterocycles. The van der Waals surface area contributed by atoms with Crippen LogP contribution in [0.2, 0.25) is 0 Å².